The summed E-state index contributed by atoms with van der Waals surface area (Å²) >= 11 is 1.27. The number of hydrogen-bond donors (Lipinski definition) is 2. The standard InChI is InChI=1S/C13H16N2O5S/c1-14(12(18)10-3-2-4-21-10)7-11(17)15-6-8(16)5-9(15)13(19)20/h2-4,8-9,16H,5-7H2,1H3,(H,19,20)/t8-,9-/m0/s1. The van der Waals surface area contributed by atoms with Crippen molar-refractivity contribution in [3.05, 3.63) is 22.4 Å². The van der Waals surface area contributed by atoms with Crippen LogP contribution in [0.1, 0.15) is 16.1 Å². The van der Waals surface area contributed by atoms with Crippen LogP contribution in [0.2, 0.25) is 0 Å². The minimum absolute atomic E-state index is 0.0170. The Morgan fingerprint density at radius 1 is 1.48 bits per heavy atom. The van der Waals surface area contributed by atoms with Crippen LogP contribution in [0.3, 0.4) is 0 Å². The van der Waals surface area contributed by atoms with Gasteiger partial charge in [0.15, 0.2) is 0 Å². The van der Waals surface area contributed by atoms with Crippen LogP contribution in [0.5, 0.6) is 0 Å². The van der Waals surface area contributed by atoms with E-state index in [1.165, 1.54) is 23.3 Å². The van der Waals surface area contributed by atoms with E-state index in [2.05, 4.69) is 0 Å². The van der Waals surface area contributed by atoms with E-state index < -0.39 is 24.0 Å². The average molecular weight is 312 g/mol. The molecule has 1 aromatic heterocycles. The van der Waals surface area contributed by atoms with Crippen molar-refractivity contribution in [3.63, 3.8) is 0 Å². The molecule has 1 aliphatic rings. The van der Waals surface area contributed by atoms with Gasteiger partial charge in [0.2, 0.25) is 5.91 Å². The van der Waals surface area contributed by atoms with Crippen molar-refractivity contribution >= 4 is 29.1 Å². The van der Waals surface area contributed by atoms with Gasteiger partial charge in [0.1, 0.15) is 6.04 Å². The second-order valence-electron chi connectivity index (χ2n) is 4.93. The molecule has 2 heterocycles. The average Bonchev–Trinajstić information content (AvgIpc) is 3.06. The number of likely N-dealkylation sites (tertiary alicyclic amines) is 1. The summed E-state index contributed by atoms with van der Waals surface area (Å²) in [4.78, 5) is 38.2. The van der Waals surface area contributed by atoms with E-state index in [1.54, 1.807) is 17.5 Å². The van der Waals surface area contributed by atoms with Gasteiger partial charge in [-0.05, 0) is 11.4 Å². The van der Waals surface area contributed by atoms with Gasteiger partial charge in [0.25, 0.3) is 5.91 Å². The molecule has 0 saturated carbocycles. The highest BCUT2D eigenvalue weighted by Crippen LogP contribution is 2.19. The summed E-state index contributed by atoms with van der Waals surface area (Å²) in [7, 11) is 1.49. The maximum absolute atomic E-state index is 12.2. The number of aliphatic carboxylic acids is 1. The summed E-state index contributed by atoms with van der Waals surface area (Å²) in [6.07, 6.45) is -0.822. The number of β-amino-alcohol motifs (C(OH)–C–C–N with tert-alkyl or cyclic N) is 1. The molecular formula is C13H16N2O5S. The third-order valence-electron chi connectivity index (χ3n) is 3.34. The molecule has 0 aliphatic carbocycles. The second-order valence-corrected chi connectivity index (χ2v) is 5.88. The first-order valence-electron chi connectivity index (χ1n) is 6.39. The van der Waals surface area contributed by atoms with E-state index in [4.69, 9.17) is 5.11 Å². The van der Waals surface area contributed by atoms with Crippen molar-refractivity contribution in [1.82, 2.24) is 9.80 Å². The van der Waals surface area contributed by atoms with Gasteiger partial charge < -0.3 is 20.0 Å². The molecular weight excluding hydrogens is 296 g/mol. The number of carbonyl (C=O) groups is 3. The quantitative estimate of drug-likeness (QED) is 0.807. The summed E-state index contributed by atoms with van der Waals surface area (Å²) in [6.45, 7) is -0.232. The molecule has 0 radical (unpaired) electrons. The first-order chi connectivity index (χ1) is 9.90. The van der Waals surface area contributed by atoms with Gasteiger partial charge in [-0.3, -0.25) is 9.59 Å². The highest BCUT2D eigenvalue weighted by atomic mass is 32.1. The molecule has 1 aromatic rings. The highest BCUT2D eigenvalue weighted by Gasteiger charge is 2.39. The van der Waals surface area contributed by atoms with Crippen LogP contribution < -0.4 is 0 Å². The maximum Gasteiger partial charge on any atom is 0.326 e. The number of thiophene rings is 1. The summed E-state index contributed by atoms with van der Waals surface area (Å²) in [5.41, 5.74) is 0. The van der Waals surface area contributed by atoms with Crippen molar-refractivity contribution in [2.75, 3.05) is 20.1 Å². The fourth-order valence-corrected chi connectivity index (χ4v) is 2.99. The Kier molecular flexibility index (Phi) is 4.59. The monoisotopic (exact) mass is 312 g/mol. The Morgan fingerprint density at radius 2 is 2.19 bits per heavy atom. The van der Waals surface area contributed by atoms with Crippen LogP contribution in [0.15, 0.2) is 17.5 Å². The lowest BCUT2D eigenvalue weighted by Crippen LogP contribution is -2.46. The molecule has 21 heavy (non-hydrogen) atoms. The van der Waals surface area contributed by atoms with Crippen molar-refractivity contribution < 1.29 is 24.6 Å². The van der Waals surface area contributed by atoms with Gasteiger partial charge in [-0.2, -0.15) is 0 Å². The second kappa shape index (κ2) is 6.23. The number of aliphatic hydroxyl groups excluding tert-OH is 1. The van der Waals surface area contributed by atoms with Gasteiger partial charge in [0.05, 0.1) is 17.5 Å². The van der Waals surface area contributed by atoms with Gasteiger partial charge >= 0.3 is 5.97 Å². The zero-order valence-electron chi connectivity index (χ0n) is 11.4. The molecule has 0 unspecified atom stereocenters. The summed E-state index contributed by atoms with van der Waals surface area (Å²) in [5, 5.41) is 20.3. The maximum atomic E-state index is 12.2. The fourth-order valence-electron chi connectivity index (χ4n) is 2.28. The predicted molar refractivity (Wildman–Crippen MR) is 75.0 cm³/mol. The van der Waals surface area contributed by atoms with Crippen molar-refractivity contribution in [2.24, 2.45) is 0 Å². The smallest absolute Gasteiger partial charge is 0.326 e. The van der Waals surface area contributed by atoms with Crippen LogP contribution >= 0.6 is 11.3 Å². The molecule has 0 spiro atoms. The topological polar surface area (TPSA) is 98.2 Å². The Bertz CT molecular complexity index is 545. The zero-order valence-corrected chi connectivity index (χ0v) is 12.2. The number of likely N-dealkylation sites (N-methyl/N-ethyl adjacent to an activating group) is 1. The number of amides is 2. The Balaban J connectivity index is 2.00. The van der Waals surface area contributed by atoms with Crippen LogP contribution in [-0.2, 0) is 9.59 Å². The molecule has 1 saturated heterocycles. The van der Waals surface area contributed by atoms with Gasteiger partial charge in [-0.15, -0.1) is 11.3 Å². The molecule has 0 bridgehead atoms. The molecule has 8 heteroatoms. The summed E-state index contributed by atoms with van der Waals surface area (Å²) in [5.74, 6) is -1.91. The van der Waals surface area contributed by atoms with Crippen LogP contribution in [-0.4, -0.2) is 70.1 Å². The number of carboxylic acid groups (broad SMARTS) is 1. The van der Waals surface area contributed by atoms with Crippen molar-refractivity contribution in [2.45, 2.75) is 18.6 Å². The van der Waals surface area contributed by atoms with E-state index in [-0.39, 0.29) is 25.4 Å². The molecule has 1 fully saturated rings. The third-order valence-corrected chi connectivity index (χ3v) is 4.19. The number of nitrogens with zero attached hydrogens (tertiary/aromatic N) is 2. The van der Waals surface area contributed by atoms with Crippen molar-refractivity contribution in [1.29, 1.82) is 0 Å². The van der Waals surface area contributed by atoms with Crippen LogP contribution in [0.4, 0.5) is 0 Å². The summed E-state index contributed by atoms with van der Waals surface area (Å²) in [6, 6.07) is 2.37. The number of rotatable bonds is 4. The Morgan fingerprint density at radius 3 is 2.76 bits per heavy atom. The Labute approximate surface area is 125 Å². The molecule has 2 amide bonds. The number of carboxylic acids is 1. The fraction of sp³-hybridized carbons (Fsp3) is 0.462. The number of aliphatic hydroxyl groups is 1. The highest BCUT2D eigenvalue weighted by molar-refractivity contribution is 7.12. The lowest BCUT2D eigenvalue weighted by Gasteiger charge is -2.24. The minimum Gasteiger partial charge on any atom is -0.480 e. The van der Waals surface area contributed by atoms with E-state index in [0.29, 0.717) is 4.88 Å². The minimum atomic E-state index is -1.15. The Hall–Kier alpha value is -1.93. The normalized spacial score (nSPS) is 21.3. The first kappa shape index (κ1) is 15.5. The van der Waals surface area contributed by atoms with E-state index in [0.717, 1.165) is 4.90 Å². The van der Waals surface area contributed by atoms with Gasteiger partial charge in [0, 0.05) is 20.0 Å². The molecule has 7 nitrogen and oxygen atoms in total. The molecule has 0 aromatic carbocycles. The van der Waals surface area contributed by atoms with Crippen molar-refractivity contribution in [3.8, 4) is 0 Å². The van der Waals surface area contributed by atoms with Gasteiger partial charge in [-0.1, -0.05) is 6.07 Å². The first-order valence-corrected chi connectivity index (χ1v) is 7.27. The van der Waals surface area contributed by atoms with E-state index in [1.807, 2.05) is 0 Å². The largest absolute Gasteiger partial charge is 0.480 e. The molecule has 114 valence electrons. The van der Waals surface area contributed by atoms with Crippen LogP contribution in [0, 0.1) is 0 Å². The van der Waals surface area contributed by atoms with Gasteiger partial charge in [-0.25, -0.2) is 4.79 Å². The number of hydrogen-bond acceptors (Lipinski definition) is 5. The molecule has 2 N–H and O–H groups in total. The molecule has 2 rings (SSSR count). The third kappa shape index (κ3) is 3.40. The number of carbonyl (C=O) groups excluding carboxylic acids is 2. The lowest BCUT2D eigenvalue weighted by atomic mass is 10.2. The molecule has 1 aliphatic heterocycles. The SMILES string of the molecule is CN(CC(=O)N1C[C@@H](O)C[C@H]1C(=O)O)C(=O)c1cccs1. The lowest BCUT2D eigenvalue weighted by molar-refractivity contribution is -0.148. The van der Waals surface area contributed by atoms with E-state index >= 15 is 0 Å². The zero-order chi connectivity index (χ0) is 15.6. The molecule has 2 atom stereocenters. The van der Waals surface area contributed by atoms with E-state index in [9.17, 15) is 19.5 Å². The van der Waals surface area contributed by atoms with Crippen LogP contribution in [0.25, 0.3) is 0 Å². The predicted octanol–water partition coefficient (Wildman–Crippen LogP) is -0.134. The summed E-state index contributed by atoms with van der Waals surface area (Å²) < 4.78 is 0.